The minimum absolute atomic E-state index is 0.0809. The molecule has 4 heterocycles. The number of benzene rings is 1. The Morgan fingerprint density at radius 1 is 1.21 bits per heavy atom. The van der Waals surface area contributed by atoms with E-state index in [2.05, 4.69) is 17.3 Å². The molecule has 0 aliphatic carbocycles. The Bertz CT molecular complexity index is 942. The van der Waals surface area contributed by atoms with Crippen molar-refractivity contribution < 1.29 is 14.3 Å². The predicted octanol–water partition coefficient (Wildman–Crippen LogP) is 4.52. The number of carbonyl (C=O) groups is 2. The average Bonchev–Trinajstić information content (AvgIpc) is 3.07. The first kappa shape index (κ1) is 17.7. The van der Waals surface area contributed by atoms with Crippen molar-refractivity contribution >= 4 is 40.4 Å². The summed E-state index contributed by atoms with van der Waals surface area (Å²) in [6.45, 7) is 1.93. The SMILES string of the molecule is Cc1scc2c1N(C(=O)OC1CC3CCC(C1)N3C)c1ccccc1NC2=O. The summed E-state index contributed by atoms with van der Waals surface area (Å²) in [6.07, 6.45) is 3.62. The number of nitrogens with zero attached hydrogens (tertiary/aromatic N) is 2. The molecular weight excluding hydrogens is 374 g/mol. The summed E-state index contributed by atoms with van der Waals surface area (Å²) < 4.78 is 6.01. The molecule has 6 nitrogen and oxygen atoms in total. The van der Waals surface area contributed by atoms with Gasteiger partial charge in [-0.3, -0.25) is 4.79 Å². The fraction of sp³-hybridized carbons (Fsp3) is 0.429. The Morgan fingerprint density at radius 2 is 1.93 bits per heavy atom. The van der Waals surface area contributed by atoms with Crippen molar-refractivity contribution in [1.82, 2.24) is 4.90 Å². The van der Waals surface area contributed by atoms with E-state index in [9.17, 15) is 9.59 Å². The highest BCUT2D eigenvalue weighted by Gasteiger charge is 2.41. The van der Waals surface area contributed by atoms with E-state index in [0.29, 0.717) is 34.7 Å². The highest BCUT2D eigenvalue weighted by molar-refractivity contribution is 7.10. The summed E-state index contributed by atoms with van der Waals surface area (Å²) in [5.74, 6) is -0.195. The number of rotatable bonds is 1. The molecule has 2 amide bonds. The molecule has 2 atom stereocenters. The lowest BCUT2D eigenvalue weighted by Gasteiger charge is -2.36. The van der Waals surface area contributed by atoms with Crippen LogP contribution in [0.3, 0.4) is 0 Å². The van der Waals surface area contributed by atoms with Gasteiger partial charge in [0.25, 0.3) is 5.91 Å². The number of aryl methyl sites for hydroxylation is 1. The van der Waals surface area contributed by atoms with Gasteiger partial charge in [-0.25, -0.2) is 9.69 Å². The van der Waals surface area contributed by atoms with Gasteiger partial charge in [0.15, 0.2) is 0 Å². The molecule has 3 aliphatic rings. The van der Waals surface area contributed by atoms with Gasteiger partial charge in [-0.05, 0) is 38.9 Å². The van der Waals surface area contributed by atoms with Crippen LogP contribution >= 0.6 is 11.3 Å². The minimum Gasteiger partial charge on any atom is -0.445 e. The van der Waals surface area contributed by atoms with Crippen molar-refractivity contribution in [2.75, 3.05) is 17.3 Å². The van der Waals surface area contributed by atoms with Crippen LogP contribution in [0.2, 0.25) is 0 Å². The van der Waals surface area contributed by atoms with Crippen molar-refractivity contribution in [3.63, 3.8) is 0 Å². The van der Waals surface area contributed by atoms with Gasteiger partial charge < -0.3 is 15.0 Å². The van der Waals surface area contributed by atoms with Gasteiger partial charge in [0.1, 0.15) is 6.10 Å². The molecule has 5 rings (SSSR count). The zero-order valence-electron chi connectivity index (χ0n) is 16.0. The summed E-state index contributed by atoms with van der Waals surface area (Å²) >= 11 is 1.47. The molecule has 0 spiro atoms. The second-order valence-corrected chi connectivity index (χ2v) is 8.97. The maximum atomic E-state index is 13.4. The lowest BCUT2D eigenvalue weighted by atomic mass is 10.0. The first-order valence-electron chi connectivity index (χ1n) is 9.74. The fourth-order valence-corrected chi connectivity index (χ4v) is 5.64. The number of piperidine rings is 1. The number of hydrogen-bond donors (Lipinski definition) is 1. The lowest BCUT2D eigenvalue weighted by molar-refractivity contribution is 0.0327. The molecule has 2 aromatic rings. The number of ether oxygens (including phenoxy) is 1. The van der Waals surface area contributed by atoms with Gasteiger partial charge in [-0.1, -0.05) is 12.1 Å². The summed E-state index contributed by atoms with van der Waals surface area (Å²) in [7, 11) is 2.17. The molecule has 2 saturated heterocycles. The maximum Gasteiger partial charge on any atom is 0.419 e. The minimum atomic E-state index is -0.402. The van der Waals surface area contributed by atoms with Crippen molar-refractivity contribution in [2.45, 2.75) is 50.8 Å². The average molecular weight is 398 g/mol. The van der Waals surface area contributed by atoms with E-state index in [1.807, 2.05) is 36.6 Å². The van der Waals surface area contributed by atoms with E-state index in [-0.39, 0.29) is 12.0 Å². The number of nitrogens with one attached hydrogen (secondary N) is 1. The first-order valence-corrected chi connectivity index (χ1v) is 10.6. The van der Waals surface area contributed by atoms with Gasteiger partial charge >= 0.3 is 6.09 Å². The molecule has 2 fully saturated rings. The van der Waals surface area contributed by atoms with Crippen molar-refractivity contribution in [3.8, 4) is 0 Å². The van der Waals surface area contributed by atoms with E-state index in [1.165, 1.54) is 24.2 Å². The highest BCUT2D eigenvalue weighted by atomic mass is 32.1. The number of hydrogen-bond acceptors (Lipinski definition) is 5. The highest BCUT2D eigenvalue weighted by Crippen LogP contribution is 2.43. The molecule has 1 N–H and O–H groups in total. The van der Waals surface area contributed by atoms with Crippen LogP contribution in [0.25, 0.3) is 0 Å². The standard InChI is InChI=1S/C21H23N3O3S/c1-12-19-16(11-28-12)20(25)22-17-5-3-4-6-18(17)24(19)21(26)27-15-9-13-7-8-14(10-15)23(13)2/h3-6,11,13-15H,7-10H2,1-2H3,(H,22,25). The third-order valence-electron chi connectivity index (χ3n) is 6.31. The van der Waals surface area contributed by atoms with Gasteiger partial charge in [0.05, 0.1) is 22.6 Å². The number of fused-ring (bicyclic) bond motifs is 4. The Balaban J connectivity index is 1.50. The Morgan fingerprint density at radius 3 is 2.68 bits per heavy atom. The first-order chi connectivity index (χ1) is 13.5. The van der Waals surface area contributed by atoms with Crippen LogP contribution in [0.1, 0.15) is 40.9 Å². The van der Waals surface area contributed by atoms with Crippen LogP contribution in [0, 0.1) is 6.92 Å². The predicted molar refractivity (Wildman–Crippen MR) is 110 cm³/mol. The lowest BCUT2D eigenvalue weighted by Crippen LogP contribution is -2.44. The van der Waals surface area contributed by atoms with E-state index in [4.69, 9.17) is 4.74 Å². The molecule has 1 aromatic carbocycles. The Hall–Kier alpha value is -2.38. The molecule has 2 unspecified atom stereocenters. The number of thiophene rings is 1. The van der Waals surface area contributed by atoms with Crippen LogP contribution in [-0.2, 0) is 4.74 Å². The van der Waals surface area contributed by atoms with E-state index in [1.54, 1.807) is 4.90 Å². The summed E-state index contributed by atoms with van der Waals surface area (Å²) in [6, 6.07) is 8.37. The molecule has 7 heteroatoms. The van der Waals surface area contributed by atoms with Crippen molar-refractivity contribution in [3.05, 3.63) is 40.1 Å². The number of anilines is 3. The second kappa shape index (κ2) is 6.60. The van der Waals surface area contributed by atoms with Crippen LogP contribution in [0.5, 0.6) is 0 Å². The molecule has 1 aromatic heterocycles. The van der Waals surface area contributed by atoms with Gasteiger partial charge in [-0.15, -0.1) is 11.3 Å². The van der Waals surface area contributed by atoms with Crippen molar-refractivity contribution in [2.24, 2.45) is 0 Å². The van der Waals surface area contributed by atoms with Gasteiger partial charge in [0.2, 0.25) is 0 Å². The molecule has 3 aliphatic heterocycles. The summed E-state index contributed by atoms with van der Waals surface area (Å²) in [5, 5.41) is 4.73. The zero-order valence-corrected chi connectivity index (χ0v) is 16.8. The molecular formula is C21H23N3O3S. The third-order valence-corrected chi connectivity index (χ3v) is 7.21. The summed E-state index contributed by atoms with van der Waals surface area (Å²) in [4.78, 5) is 31.0. The maximum absolute atomic E-state index is 13.4. The van der Waals surface area contributed by atoms with E-state index >= 15 is 0 Å². The number of para-hydroxylation sites is 2. The van der Waals surface area contributed by atoms with Gasteiger partial charge in [0, 0.05) is 35.2 Å². The molecule has 0 saturated carbocycles. The fourth-order valence-electron chi connectivity index (χ4n) is 4.81. The second-order valence-electron chi connectivity index (χ2n) is 7.89. The molecule has 28 heavy (non-hydrogen) atoms. The zero-order chi connectivity index (χ0) is 19.4. The monoisotopic (exact) mass is 397 g/mol. The van der Waals surface area contributed by atoms with Crippen molar-refractivity contribution in [1.29, 1.82) is 0 Å². The third kappa shape index (κ3) is 2.72. The Kier molecular flexibility index (Phi) is 4.17. The topological polar surface area (TPSA) is 61.9 Å². The van der Waals surface area contributed by atoms with E-state index < -0.39 is 6.09 Å². The largest absolute Gasteiger partial charge is 0.445 e. The quantitative estimate of drug-likeness (QED) is 0.768. The number of amides is 2. The van der Waals surface area contributed by atoms with E-state index in [0.717, 1.165) is 17.7 Å². The van der Waals surface area contributed by atoms with Crippen LogP contribution in [0.4, 0.5) is 21.9 Å². The van der Waals surface area contributed by atoms with Crippen LogP contribution in [-0.4, -0.2) is 42.1 Å². The smallest absolute Gasteiger partial charge is 0.419 e. The molecule has 2 bridgehead atoms. The van der Waals surface area contributed by atoms with Gasteiger partial charge in [-0.2, -0.15) is 0 Å². The number of carbonyl (C=O) groups excluding carboxylic acids is 2. The molecule has 146 valence electrons. The van der Waals surface area contributed by atoms with Crippen LogP contribution < -0.4 is 10.2 Å². The van der Waals surface area contributed by atoms with Crippen LogP contribution in [0.15, 0.2) is 29.6 Å². The molecule has 0 radical (unpaired) electrons. The summed E-state index contributed by atoms with van der Waals surface area (Å²) in [5.41, 5.74) is 2.41. The normalized spacial score (nSPS) is 26.3. The Labute approximate surface area is 168 Å².